The van der Waals surface area contributed by atoms with Crippen molar-refractivity contribution in [2.24, 2.45) is 5.92 Å². The van der Waals surface area contributed by atoms with Gasteiger partial charge in [0.2, 0.25) is 5.91 Å². The van der Waals surface area contributed by atoms with E-state index in [9.17, 15) is 9.59 Å². The summed E-state index contributed by atoms with van der Waals surface area (Å²) < 4.78 is 4.69. The smallest absolute Gasteiger partial charge is 0.307 e. The topological polar surface area (TPSA) is 46.6 Å². The fourth-order valence-corrected chi connectivity index (χ4v) is 2.92. The van der Waals surface area contributed by atoms with Crippen LogP contribution in [0.15, 0.2) is 0 Å². The molecule has 0 radical (unpaired) electrons. The van der Waals surface area contributed by atoms with Crippen LogP contribution in [0.4, 0.5) is 0 Å². The molecule has 0 aliphatic heterocycles. The molecule has 0 atom stereocenters. The molecule has 108 valence electrons. The van der Waals surface area contributed by atoms with E-state index in [1.165, 1.54) is 32.8 Å². The van der Waals surface area contributed by atoms with E-state index in [-0.39, 0.29) is 17.8 Å². The van der Waals surface area contributed by atoms with Gasteiger partial charge < -0.3 is 9.64 Å². The SMILES string of the molecule is COC(=O)CCN(C(=O)C1CC1)C1CCCCCC1. The van der Waals surface area contributed by atoms with Crippen LogP contribution in [0.5, 0.6) is 0 Å². The summed E-state index contributed by atoms with van der Waals surface area (Å²) in [5.74, 6) is 0.291. The van der Waals surface area contributed by atoms with Crippen LogP contribution in [0.3, 0.4) is 0 Å². The predicted molar refractivity (Wildman–Crippen MR) is 72.6 cm³/mol. The fourth-order valence-electron chi connectivity index (χ4n) is 2.92. The van der Waals surface area contributed by atoms with Crippen LogP contribution in [0.2, 0.25) is 0 Å². The highest BCUT2D eigenvalue weighted by atomic mass is 16.5. The maximum absolute atomic E-state index is 12.4. The lowest BCUT2D eigenvalue weighted by Gasteiger charge is -2.31. The Kier molecular flexibility index (Phi) is 5.23. The van der Waals surface area contributed by atoms with Crippen molar-refractivity contribution in [2.45, 2.75) is 63.8 Å². The molecule has 0 N–H and O–H groups in total. The van der Waals surface area contributed by atoms with Crippen LogP contribution in [0, 0.1) is 5.92 Å². The third kappa shape index (κ3) is 4.22. The second-order valence-corrected chi connectivity index (χ2v) is 5.78. The zero-order valence-electron chi connectivity index (χ0n) is 11.9. The largest absolute Gasteiger partial charge is 0.469 e. The normalized spacial score (nSPS) is 20.7. The quantitative estimate of drug-likeness (QED) is 0.568. The Hall–Kier alpha value is -1.06. The molecule has 19 heavy (non-hydrogen) atoms. The lowest BCUT2D eigenvalue weighted by molar-refractivity contribution is -0.142. The summed E-state index contributed by atoms with van der Waals surface area (Å²) in [5.41, 5.74) is 0. The Morgan fingerprint density at radius 1 is 1.05 bits per heavy atom. The standard InChI is InChI=1S/C15H25NO3/c1-19-14(17)10-11-16(15(18)12-8-9-12)13-6-4-2-3-5-7-13/h12-13H,2-11H2,1H3. The van der Waals surface area contributed by atoms with Crippen molar-refractivity contribution in [3.8, 4) is 0 Å². The highest BCUT2D eigenvalue weighted by Gasteiger charge is 2.36. The minimum atomic E-state index is -0.220. The zero-order chi connectivity index (χ0) is 13.7. The van der Waals surface area contributed by atoms with Crippen molar-refractivity contribution in [1.82, 2.24) is 4.90 Å². The zero-order valence-corrected chi connectivity index (χ0v) is 11.9. The van der Waals surface area contributed by atoms with E-state index in [0.717, 1.165) is 25.7 Å². The first-order chi connectivity index (χ1) is 9.22. The number of carbonyl (C=O) groups is 2. The molecule has 2 fully saturated rings. The van der Waals surface area contributed by atoms with Crippen molar-refractivity contribution in [2.75, 3.05) is 13.7 Å². The number of amides is 1. The van der Waals surface area contributed by atoms with Crippen molar-refractivity contribution >= 4 is 11.9 Å². The Bertz CT molecular complexity index is 317. The van der Waals surface area contributed by atoms with Gasteiger partial charge in [-0.3, -0.25) is 9.59 Å². The van der Waals surface area contributed by atoms with E-state index in [1.807, 2.05) is 4.90 Å². The number of methoxy groups -OCH3 is 1. The van der Waals surface area contributed by atoms with Crippen LogP contribution < -0.4 is 0 Å². The molecule has 4 heteroatoms. The summed E-state index contributed by atoms with van der Waals surface area (Å²) in [6.45, 7) is 0.534. The van der Waals surface area contributed by atoms with Gasteiger partial charge in [-0.05, 0) is 25.7 Å². The van der Waals surface area contributed by atoms with Gasteiger partial charge in [0, 0.05) is 18.5 Å². The molecule has 0 saturated heterocycles. The van der Waals surface area contributed by atoms with Crippen molar-refractivity contribution in [1.29, 1.82) is 0 Å². The van der Waals surface area contributed by atoms with Gasteiger partial charge in [-0.1, -0.05) is 25.7 Å². The van der Waals surface area contributed by atoms with Crippen LogP contribution in [-0.2, 0) is 14.3 Å². The molecule has 2 aliphatic rings. The minimum Gasteiger partial charge on any atom is -0.469 e. The molecular formula is C15H25NO3. The molecule has 2 rings (SSSR count). The van der Waals surface area contributed by atoms with E-state index >= 15 is 0 Å². The molecule has 0 spiro atoms. The maximum atomic E-state index is 12.4. The lowest BCUT2D eigenvalue weighted by atomic mass is 10.1. The minimum absolute atomic E-state index is 0.220. The van der Waals surface area contributed by atoms with Crippen molar-refractivity contribution < 1.29 is 14.3 Å². The number of rotatable bonds is 5. The van der Waals surface area contributed by atoms with E-state index in [0.29, 0.717) is 19.0 Å². The highest BCUT2D eigenvalue weighted by Crippen LogP contribution is 2.33. The summed E-state index contributed by atoms with van der Waals surface area (Å²) in [6, 6.07) is 0.347. The van der Waals surface area contributed by atoms with E-state index in [1.54, 1.807) is 0 Å². The summed E-state index contributed by atoms with van der Waals surface area (Å²) >= 11 is 0. The molecule has 2 aliphatic carbocycles. The summed E-state index contributed by atoms with van der Waals surface area (Å²) in [5, 5.41) is 0. The fraction of sp³-hybridized carbons (Fsp3) is 0.867. The van der Waals surface area contributed by atoms with Crippen molar-refractivity contribution in [3.63, 3.8) is 0 Å². The average Bonchev–Trinajstić information content (AvgIpc) is 3.25. The first kappa shape index (κ1) is 14.4. The first-order valence-corrected chi connectivity index (χ1v) is 7.59. The predicted octanol–water partition coefficient (Wildman–Crippen LogP) is 2.51. The van der Waals surface area contributed by atoms with Crippen LogP contribution in [0.25, 0.3) is 0 Å². The van der Waals surface area contributed by atoms with Gasteiger partial charge in [0.15, 0.2) is 0 Å². The molecule has 0 aromatic carbocycles. The molecule has 0 heterocycles. The molecule has 2 saturated carbocycles. The third-order valence-corrected chi connectivity index (χ3v) is 4.26. The number of ether oxygens (including phenoxy) is 1. The van der Waals surface area contributed by atoms with Crippen LogP contribution in [0.1, 0.15) is 57.8 Å². The maximum Gasteiger partial charge on any atom is 0.307 e. The monoisotopic (exact) mass is 267 g/mol. The van der Waals surface area contributed by atoms with Crippen LogP contribution in [-0.4, -0.2) is 36.5 Å². The van der Waals surface area contributed by atoms with Crippen LogP contribution >= 0.6 is 0 Å². The number of nitrogens with zero attached hydrogens (tertiary/aromatic N) is 1. The molecular weight excluding hydrogens is 242 g/mol. The number of esters is 1. The van der Waals surface area contributed by atoms with E-state index in [2.05, 4.69) is 0 Å². The first-order valence-electron chi connectivity index (χ1n) is 7.59. The van der Waals surface area contributed by atoms with Gasteiger partial charge >= 0.3 is 5.97 Å². The Morgan fingerprint density at radius 3 is 2.21 bits per heavy atom. The van der Waals surface area contributed by atoms with E-state index in [4.69, 9.17) is 4.74 Å². The second kappa shape index (κ2) is 6.92. The molecule has 0 aromatic heterocycles. The lowest BCUT2D eigenvalue weighted by Crippen LogP contribution is -2.42. The Morgan fingerprint density at radius 2 is 1.68 bits per heavy atom. The average molecular weight is 267 g/mol. The summed E-state index contributed by atoms with van der Waals surface area (Å²) in [4.78, 5) is 25.7. The van der Waals surface area contributed by atoms with Crippen molar-refractivity contribution in [3.05, 3.63) is 0 Å². The summed E-state index contributed by atoms with van der Waals surface area (Å²) in [6.07, 6.45) is 9.54. The number of carbonyl (C=O) groups excluding carboxylic acids is 2. The molecule has 0 bridgehead atoms. The van der Waals surface area contributed by atoms with Gasteiger partial charge in [-0.25, -0.2) is 0 Å². The summed E-state index contributed by atoms with van der Waals surface area (Å²) in [7, 11) is 1.40. The van der Waals surface area contributed by atoms with Gasteiger partial charge in [0.05, 0.1) is 13.5 Å². The van der Waals surface area contributed by atoms with Gasteiger partial charge in [-0.2, -0.15) is 0 Å². The van der Waals surface area contributed by atoms with Gasteiger partial charge in [-0.15, -0.1) is 0 Å². The highest BCUT2D eigenvalue weighted by molar-refractivity contribution is 5.82. The Balaban J connectivity index is 1.95. The number of hydrogen-bond acceptors (Lipinski definition) is 3. The molecule has 0 aromatic rings. The number of hydrogen-bond donors (Lipinski definition) is 0. The van der Waals surface area contributed by atoms with Gasteiger partial charge in [0.1, 0.15) is 0 Å². The third-order valence-electron chi connectivity index (χ3n) is 4.26. The van der Waals surface area contributed by atoms with E-state index < -0.39 is 0 Å². The molecule has 1 amide bonds. The van der Waals surface area contributed by atoms with Gasteiger partial charge in [0.25, 0.3) is 0 Å². The second-order valence-electron chi connectivity index (χ2n) is 5.78. The molecule has 0 unspecified atom stereocenters. The Labute approximate surface area is 115 Å². The molecule has 4 nitrogen and oxygen atoms in total.